The zero-order valence-corrected chi connectivity index (χ0v) is 14.4. The Balaban J connectivity index is 1.74. The highest BCUT2D eigenvalue weighted by Gasteiger charge is 2.30. The van der Waals surface area contributed by atoms with Gasteiger partial charge in [-0.25, -0.2) is 4.39 Å². The van der Waals surface area contributed by atoms with Gasteiger partial charge in [0.05, 0.1) is 23.4 Å². The first-order chi connectivity index (χ1) is 12.6. The molecule has 1 aliphatic rings. The largest absolute Gasteiger partial charge is 0.355 e. The van der Waals surface area contributed by atoms with Crippen LogP contribution in [0.2, 0.25) is 0 Å². The molecular formula is C18H22FN5O2. The van der Waals surface area contributed by atoms with E-state index < -0.39 is 0 Å². The number of benzene rings is 1. The number of likely N-dealkylation sites (tertiary alicyclic amines) is 1. The van der Waals surface area contributed by atoms with Crippen molar-refractivity contribution in [1.29, 1.82) is 0 Å². The molecule has 1 aliphatic heterocycles. The van der Waals surface area contributed by atoms with Crippen LogP contribution in [0.5, 0.6) is 0 Å². The molecule has 1 aromatic carbocycles. The van der Waals surface area contributed by atoms with Gasteiger partial charge in [0.2, 0.25) is 5.91 Å². The molecule has 1 fully saturated rings. The first kappa shape index (κ1) is 18.1. The number of nitrogens with zero attached hydrogens (tertiary/aromatic N) is 2. The second-order valence-electron chi connectivity index (χ2n) is 6.34. The Morgan fingerprint density at radius 3 is 2.85 bits per heavy atom. The molecule has 1 atom stereocenters. The molecule has 7 nitrogen and oxygen atoms in total. The second-order valence-corrected chi connectivity index (χ2v) is 6.34. The number of halogens is 1. The number of nitrogens with one attached hydrogen (secondary N) is 2. The molecule has 2 amide bonds. The van der Waals surface area contributed by atoms with Crippen LogP contribution in [0.3, 0.4) is 0 Å². The maximum absolute atomic E-state index is 13.1. The van der Waals surface area contributed by atoms with Crippen molar-refractivity contribution in [2.24, 2.45) is 11.7 Å². The predicted octanol–water partition coefficient (Wildman–Crippen LogP) is 1.14. The van der Waals surface area contributed by atoms with Crippen LogP contribution < -0.4 is 11.1 Å². The van der Waals surface area contributed by atoms with E-state index in [0.717, 1.165) is 12.8 Å². The average molecular weight is 359 g/mol. The van der Waals surface area contributed by atoms with E-state index in [2.05, 4.69) is 15.5 Å². The molecule has 3 rings (SSSR count). The highest BCUT2D eigenvalue weighted by Crippen LogP contribution is 2.25. The van der Waals surface area contributed by atoms with Crippen LogP contribution in [0.4, 0.5) is 4.39 Å². The van der Waals surface area contributed by atoms with Crippen LogP contribution in [0, 0.1) is 11.7 Å². The summed E-state index contributed by atoms with van der Waals surface area (Å²) in [6.07, 6.45) is 2.98. The Morgan fingerprint density at radius 2 is 2.12 bits per heavy atom. The Hall–Kier alpha value is -2.74. The van der Waals surface area contributed by atoms with Gasteiger partial charge in [0.15, 0.2) is 0 Å². The molecule has 0 saturated carbocycles. The topological polar surface area (TPSA) is 104 Å². The number of nitrogens with two attached hydrogens (primary N) is 1. The number of H-pyrrole nitrogens is 1. The molecular weight excluding hydrogens is 337 g/mol. The number of amides is 2. The summed E-state index contributed by atoms with van der Waals surface area (Å²) in [6, 6.07) is 5.87. The number of aromatic nitrogens is 2. The number of hydrogen-bond acceptors (Lipinski definition) is 4. The van der Waals surface area contributed by atoms with Gasteiger partial charge >= 0.3 is 0 Å². The van der Waals surface area contributed by atoms with E-state index in [1.54, 1.807) is 17.0 Å². The van der Waals surface area contributed by atoms with E-state index in [4.69, 9.17) is 5.73 Å². The lowest BCUT2D eigenvalue weighted by atomic mass is 9.96. The maximum atomic E-state index is 13.1. The van der Waals surface area contributed by atoms with Gasteiger partial charge < -0.3 is 16.0 Å². The minimum atomic E-state index is -0.344. The summed E-state index contributed by atoms with van der Waals surface area (Å²) in [5.74, 6) is -0.836. The molecule has 1 saturated heterocycles. The van der Waals surface area contributed by atoms with Gasteiger partial charge in [-0.1, -0.05) is 0 Å². The summed E-state index contributed by atoms with van der Waals surface area (Å²) >= 11 is 0. The zero-order chi connectivity index (χ0) is 18.5. The second kappa shape index (κ2) is 8.09. The van der Waals surface area contributed by atoms with E-state index in [9.17, 15) is 14.0 Å². The summed E-state index contributed by atoms with van der Waals surface area (Å²) < 4.78 is 13.1. The third-order valence-electron chi connectivity index (χ3n) is 4.53. The zero-order valence-electron chi connectivity index (χ0n) is 14.4. The van der Waals surface area contributed by atoms with Crippen molar-refractivity contribution >= 4 is 11.8 Å². The fraction of sp³-hybridized carbons (Fsp3) is 0.389. The Morgan fingerprint density at radius 1 is 1.35 bits per heavy atom. The fourth-order valence-corrected chi connectivity index (χ4v) is 3.17. The molecule has 1 unspecified atom stereocenters. The van der Waals surface area contributed by atoms with Gasteiger partial charge in [0.1, 0.15) is 5.82 Å². The van der Waals surface area contributed by atoms with Crippen molar-refractivity contribution in [1.82, 2.24) is 20.4 Å². The highest BCUT2D eigenvalue weighted by molar-refractivity contribution is 6.00. The Bertz CT molecular complexity index is 774. The van der Waals surface area contributed by atoms with Gasteiger partial charge in [-0.05, 0) is 37.1 Å². The molecule has 0 bridgehead atoms. The smallest absolute Gasteiger partial charge is 0.257 e. The van der Waals surface area contributed by atoms with Crippen molar-refractivity contribution in [2.45, 2.75) is 12.8 Å². The SMILES string of the molecule is NCCNC(=O)C1CCCN(C(=O)c2cn[nH]c2-c2ccc(F)cc2)C1. The van der Waals surface area contributed by atoms with E-state index in [0.29, 0.717) is 43.0 Å². The van der Waals surface area contributed by atoms with Gasteiger partial charge in [-0.3, -0.25) is 14.7 Å². The highest BCUT2D eigenvalue weighted by atomic mass is 19.1. The maximum Gasteiger partial charge on any atom is 0.257 e. The molecule has 0 aliphatic carbocycles. The molecule has 1 aromatic heterocycles. The van der Waals surface area contributed by atoms with E-state index in [1.807, 2.05) is 0 Å². The molecule has 0 spiro atoms. The van der Waals surface area contributed by atoms with Crippen LogP contribution in [-0.4, -0.2) is 53.1 Å². The Kier molecular flexibility index (Phi) is 5.62. The molecule has 2 heterocycles. The quantitative estimate of drug-likeness (QED) is 0.745. The fourth-order valence-electron chi connectivity index (χ4n) is 3.17. The van der Waals surface area contributed by atoms with Crippen LogP contribution in [0.15, 0.2) is 30.5 Å². The lowest BCUT2D eigenvalue weighted by Crippen LogP contribution is -2.46. The monoisotopic (exact) mass is 359 g/mol. The predicted molar refractivity (Wildman–Crippen MR) is 94.7 cm³/mol. The standard InChI is InChI=1S/C18H22FN5O2/c19-14-5-3-12(4-6-14)16-15(10-22-23-16)18(26)24-9-1-2-13(11-24)17(25)21-8-7-20/h3-6,10,13H,1-2,7-9,11,20H2,(H,21,25)(H,22,23). The average Bonchev–Trinajstić information content (AvgIpc) is 3.16. The number of carbonyl (C=O) groups is 2. The first-order valence-electron chi connectivity index (χ1n) is 8.66. The third-order valence-corrected chi connectivity index (χ3v) is 4.53. The van der Waals surface area contributed by atoms with Gasteiger partial charge in [0.25, 0.3) is 5.91 Å². The Labute approximate surface area is 150 Å². The van der Waals surface area contributed by atoms with Crippen LogP contribution in [0.25, 0.3) is 11.3 Å². The summed E-state index contributed by atoms with van der Waals surface area (Å²) in [4.78, 5) is 26.8. The van der Waals surface area contributed by atoms with Gasteiger partial charge in [-0.15, -0.1) is 0 Å². The van der Waals surface area contributed by atoms with Crippen LogP contribution >= 0.6 is 0 Å². The normalized spacial score (nSPS) is 17.2. The van der Waals surface area contributed by atoms with Crippen molar-refractivity contribution in [3.8, 4) is 11.3 Å². The number of aromatic amines is 1. The van der Waals surface area contributed by atoms with Crippen molar-refractivity contribution in [3.05, 3.63) is 41.8 Å². The van der Waals surface area contributed by atoms with Crippen molar-refractivity contribution in [3.63, 3.8) is 0 Å². The summed E-state index contributed by atoms with van der Waals surface area (Å²) in [7, 11) is 0. The van der Waals surface area contributed by atoms with E-state index in [-0.39, 0.29) is 23.5 Å². The minimum absolute atomic E-state index is 0.0705. The number of hydrogen-bond donors (Lipinski definition) is 3. The first-order valence-corrected chi connectivity index (χ1v) is 8.66. The van der Waals surface area contributed by atoms with Gasteiger partial charge in [0, 0.05) is 31.7 Å². The minimum Gasteiger partial charge on any atom is -0.355 e. The molecule has 26 heavy (non-hydrogen) atoms. The van der Waals surface area contributed by atoms with Crippen LogP contribution in [0.1, 0.15) is 23.2 Å². The molecule has 138 valence electrons. The third kappa shape index (κ3) is 3.91. The number of carbonyl (C=O) groups excluding carboxylic acids is 2. The lowest BCUT2D eigenvalue weighted by molar-refractivity contribution is -0.126. The summed E-state index contributed by atoms with van der Waals surface area (Å²) in [5, 5.41) is 9.57. The number of rotatable bonds is 5. The number of piperidine rings is 1. The van der Waals surface area contributed by atoms with Crippen molar-refractivity contribution in [2.75, 3.05) is 26.2 Å². The summed E-state index contributed by atoms with van der Waals surface area (Å²) in [5.41, 5.74) is 7.06. The molecule has 0 radical (unpaired) electrons. The summed E-state index contributed by atoms with van der Waals surface area (Å²) in [6.45, 7) is 1.77. The van der Waals surface area contributed by atoms with E-state index in [1.165, 1.54) is 18.3 Å². The van der Waals surface area contributed by atoms with Gasteiger partial charge in [-0.2, -0.15) is 5.10 Å². The molecule has 8 heteroatoms. The van der Waals surface area contributed by atoms with Crippen LogP contribution in [-0.2, 0) is 4.79 Å². The lowest BCUT2D eigenvalue weighted by Gasteiger charge is -2.32. The molecule has 2 aromatic rings. The molecule has 4 N–H and O–H groups in total. The van der Waals surface area contributed by atoms with Crippen molar-refractivity contribution < 1.29 is 14.0 Å². The van der Waals surface area contributed by atoms with E-state index >= 15 is 0 Å².